The number of nitrogens with zero attached hydrogens (tertiary/aromatic N) is 2. The predicted molar refractivity (Wildman–Crippen MR) is 65.4 cm³/mol. The molecular formula is C13H11N3O. The van der Waals surface area contributed by atoms with Crippen molar-refractivity contribution in [2.24, 2.45) is 0 Å². The van der Waals surface area contributed by atoms with Crippen molar-refractivity contribution in [2.75, 3.05) is 12.8 Å². The number of nitriles is 1. The zero-order valence-electron chi connectivity index (χ0n) is 9.34. The van der Waals surface area contributed by atoms with Gasteiger partial charge in [-0.3, -0.25) is 0 Å². The second-order valence-electron chi connectivity index (χ2n) is 3.47. The highest BCUT2D eigenvalue weighted by Gasteiger charge is 2.04. The number of benzene rings is 1. The van der Waals surface area contributed by atoms with Crippen LogP contribution in [-0.2, 0) is 0 Å². The topological polar surface area (TPSA) is 71.9 Å². The first-order valence-electron chi connectivity index (χ1n) is 5.05. The van der Waals surface area contributed by atoms with Gasteiger partial charge in [0.05, 0.1) is 24.4 Å². The Bertz CT molecular complexity index is 570. The van der Waals surface area contributed by atoms with Gasteiger partial charge < -0.3 is 10.5 Å². The summed E-state index contributed by atoms with van der Waals surface area (Å²) in [5, 5.41) is 8.71. The van der Waals surface area contributed by atoms with Crippen LogP contribution >= 0.6 is 0 Å². The number of anilines is 1. The monoisotopic (exact) mass is 225 g/mol. The Morgan fingerprint density at radius 1 is 1.18 bits per heavy atom. The van der Waals surface area contributed by atoms with Gasteiger partial charge in [-0.1, -0.05) is 12.1 Å². The second kappa shape index (κ2) is 4.54. The number of aromatic nitrogens is 1. The quantitative estimate of drug-likeness (QED) is 0.850. The third-order valence-electron chi connectivity index (χ3n) is 2.42. The maximum atomic E-state index is 8.71. The molecule has 0 bridgehead atoms. The van der Waals surface area contributed by atoms with E-state index in [0.717, 1.165) is 11.3 Å². The number of hydrogen-bond donors (Lipinski definition) is 1. The molecule has 0 radical (unpaired) electrons. The van der Waals surface area contributed by atoms with Gasteiger partial charge in [0, 0.05) is 5.56 Å². The van der Waals surface area contributed by atoms with E-state index in [1.54, 1.807) is 25.3 Å². The lowest BCUT2D eigenvalue weighted by atomic mass is 10.1. The zero-order valence-corrected chi connectivity index (χ0v) is 9.34. The average Bonchev–Trinajstić information content (AvgIpc) is 2.39. The molecule has 0 saturated heterocycles. The van der Waals surface area contributed by atoms with Gasteiger partial charge >= 0.3 is 0 Å². The zero-order chi connectivity index (χ0) is 12.3. The second-order valence-corrected chi connectivity index (χ2v) is 3.47. The number of ether oxygens (including phenoxy) is 1. The molecule has 4 nitrogen and oxygen atoms in total. The largest absolute Gasteiger partial charge is 0.493 e. The molecule has 1 aromatic heterocycles. The van der Waals surface area contributed by atoms with Gasteiger partial charge in [-0.2, -0.15) is 5.26 Å². The molecule has 0 saturated carbocycles. The van der Waals surface area contributed by atoms with Crippen molar-refractivity contribution >= 4 is 5.82 Å². The molecule has 0 aliphatic heterocycles. The van der Waals surface area contributed by atoms with Gasteiger partial charge in [0.2, 0.25) is 0 Å². The number of methoxy groups -OCH3 is 1. The lowest BCUT2D eigenvalue weighted by Crippen LogP contribution is -1.96. The standard InChI is InChI=1S/C13H11N3O/c1-17-12-7-6-11(16-13(12)15)10-4-2-9(8-14)3-5-10/h2-7H,1H3,(H2,15,16). The smallest absolute Gasteiger partial charge is 0.166 e. The van der Waals surface area contributed by atoms with Crippen molar-refractivity contribution in [3.8, 4) is 23.1 Å². The summed E-state index contributed by atoms with van der Waals surface area (Å²) in [5.41, 5.74) is 8.03. The summed E-state index contributed by atoms with van der Waals surface area (Å²) in [6.07, 6.45) is 0. The van der Waals surface area contributed by atoms with Crippen molar-refractivity contribution in [3.05, 3.63) is 42.0 Å². The van der Waals surface area contributed by atoms with Crippen LogP contribution in [-0.4, -0.2) is 12.1 Å². The number of pyridine rings is 1. The molecule has 4 heteroatoms. The minimum Gasteiger partial charge on any atom is -0.493 e. The van der Waals surface area contributed by atoms with Crippen LogP contribution in [0.1, 0.15) is 5.56 Å². The van der Waals surface area contributed by atoms with Gasteiger partial charge in [-0.25, -0.2) is 4.98 Å². The molecule has 0 spiro atoms. The van der Waals surface area contributed by atoms with Crippen LogP contribution in [0.2, 0.25) is 0 Å². The summed E-state index contributed by atoms with van der Waals surface area (Å²) >= 11 is 0. The molecule has 2 rings (SSSR count). The van der Waals surface area contributed by atoms with Crippen molar-refractivity contribution in [3.63, 3.8) is 0 Å². The molecule has 2 N–H and O–H groups in total. The SMILES string of the molecule is COc1ccc(-c2ccc(C#N)cc2)nc1N. The van der Waals surface area contributed by atoms with Crippen LogP contribution in [0.25, 0.3) is 11.3 Å². The highest BCUT2D eigenvalue weighted by molar-refractivity contribution is 5.64. The number of rotatable bonds is 2. The van der Waals surface area contributed by atoms with E-state index >= 15 is 0 Å². The summed E-state index contributed by atoms with van der Waals surface area (Å²) in [4.78, 5) is 4.24. The highest BCUT2D eigenvalue weighted by atomic mass is 16.5. The Kier molecular flexibility index (Phi) is 2.93. The Balaban J connectivity index is 2.40. The lowest BCUT2D eigenvalue weighted by molar-refractivity contribution is 0.415. The third kappa shape index (κ3) is 2.18. The van der Waals surface area contributed by atoms with E-state index in [1.807, 2.05) is 18.2 Å². The van der Waals surface area contributed by atoms with Crippen LogP contribution in [0.5, 0.6) is 5.75 Å². The van der Waals surface area contributed by atoms with E-state index in [-0.39, 0.29) is 0 Å². The van der Waals surface area contributed by atoms with E-state index in [1.165, 1.54) is 0 Å². The Hall–Kier alpha value is -2.54. The first-order chi connectivity index (χ1) is 8.24. The lowest BCUT2D eigenvalue weighted by Gasteiger charge is -2.06. The summed E-state index contributed by atoms with van der Waals surface area (Å²) in [6, 6.07) is 12.8. The fourth-order valence-corrected chi connectivity index (χ4v) is 1.51. The number of nitrogens with two attached hydrogens (primary N) is 1. The van der Waals surface area contributed by atoms with E-state index in [4.69, 9.17) is 15.7 Å². The Morgan fingerprint density at radius 2 is 1.88 bits per heavy atom. The number of hydrogen-bond acceptors (Lipinski definition) is 4. The fourth-order valence-electron chi connectivity index (χ4n) is 1.51. The van der Waals surface area contributed by atoms with Gasteiger partial charge in [0.1, 0.15) is 0 Å². The Morgan fingerprint density at radius 3 is 2.41 bits per heavy atom. The normalized spacial score (nSPS) is 9.65. The minimum atomic E-state index is 0.356. The average molecular weight is 225 g/mol. The van der Waals surface area contributed by atoms with Gasteiger partial charge in [-0.05, 0) is 24.3 Å². The molecule has 1 heterocycles. The van der Waals surface area contributed by atoms with E-state index in [2.05, 4.69) is 11.1 Å². The van der Waals surface area contributed by atoms with Gasteiger partial charge in [0.25, 0.3) is 0 Å². The molecule has 84 valence electrons. The first kappa shape index (κ1) is 11.0. The molecule has 0 unspecified atom stereocenters. The summed E-state index contributed by atoms with van der Waals surface area (Å²) in [5.74, 6) is 0.914. The van der Waals surface area contributed by atoms with Gasteiger partial charge in [0.15, 0.2) is 11.6 Å². The minimum absolute atomic E-state index is 0.356. The van der Waals surface area contributed by atoms with E-state index < -0.39 is 0 Å². The summed E-state index contributed by atoms with van der Waals surface area (Å²) < 4.78 is 5.04. The maximum Gasteiger partial charge on any atom is 0.166 e. The molecule has 2 aromatic rings. The van der Waals surface area contributed by atoms with Crippen LogP contribution < -0.4 is 10.5 Å². The molecular weight excluding hydrogens is 214 g/mol. The van der Waals surface area contributed by atoms with Crippen LogP contribution in [0.4, 0.5) is 5.82 Å². The van der Waals surface area contributed by atoms with Crippen molar-refractivity contribution in [2.45, 2.75) is 0 Å². The van der Waals surface area contributed by atoms with Crippen molar-refractivity contribution in [1.29, 1.82) is 5.26 Å². The van der Waals surface area contributed by atoms with Crippen molar-refractivity contribution in [1.82, 2.24) is 4.98 Å². The van der Waals surface area contributed by atoms with E-state index in [0.29, 0.717) is 17.1 Å². The van der Waals surface area contributed by atoms with Crippen molar-refractivity contribution < 1.29 is 4.74 Å². The molecule has 0 aliphatic rings. The van der Waals surface area contributed by atoms with Gasteiger partial charge in [-0.15, -0.1) is 0 Å². The maximum absolute atomic E-state index is 8.71. The number of nitrogen functional groups attached to an aromatic ring is 1. The summed E-state index contributed by atoms with van der Waals surface area (Å²) in [7, 11) is 1.55. The molecule has 0 atom stereocenters. The highest BCUT2D eigenvalue weighted by Crippen LogP contribution is 2.24. The Labute approximate surface area is 99.3 Å². The van der Waals surface area contributed by atoms with E-state index in [9.17, 15) is 0 Å². The predicted octanol–water partition coefficient (Wildman–Crippen LogP) is 2.21. The first-order valence-corrected chi connectivity index (χ1v) is 5.05. The van der Waals surface area contributed by atoms with Crippen LogP contribution in [0, 0.1) is 11.3 Å². The fraction of sp³-hybridized carbons (Fsp3) is 0.0769. The molecule has 0 amide bonds. The van der Waals surface area contributed by atoms with Crippen LogP contribution in [0.3, 0.4) is 0 Å². The third-order valence-corrected chi connectivity index (χ3v) is 2.42. The molecule has 0 aliphatic carbocycles. The summed E-state index contributed by atoms with van der Waals surface area (Å²) in [6.45, 7) is 0. The molecule has 1 aromatic carbocycles. The molecule has 0 fully saturated rings. The molecule has 17 heavy (non-hydrogen) atoms. The van der Waals surface area contributed by atoms with Crippen LogP contribution in [0.15, 0.2) is 36.4 Å².